The molecule has 0 spiro atoms. The van der Waals surface area contributed by atoms with E-state index in [0.717, 1.165) is 0 Å². The first-order valence-corrected chi connectivity index (χ1v) is 12.7. The lowest BCUT2D eigenvalue weighted by Gasteiger charge is -2.34. The van der Waals surface area contributed by atoms with Gasteiger partial charge in [-0.3, -0.25) is 4.90 Å². The van der Waals surface area contributed by atoms with Crippen LogP contribution >= 0.6 is 0 Å². The van der Waals surface area contributed by atoms with Gasteiger partial charge in [-0.2, -0.15) is 4.98 Å². The molecule has 13 heteroatoms. The average molecular weight is 546 g/mol. The number of ether oxygens (including phenoxy) is 2. The summed E-state index contributed by atoms with van der Waals surface area (Å²) >= 11 is 0. The number of methoxy groups -OCH3 is 1. The molecule has 3 aromatic heterocycles. The molecular formula is C26H27F4N7O2. The summed E-state index contributed by atoms with van der Waals surface area (Å²) in [5.41, 5.74) is 0.338. The van der Waals surface area contributed by atoms with Crippen LogP contribution in [0.4, 0.5) is 23.5 Å². The number of benzene rings is 1. The fourth-order valence-electron chi connectivity index (χ4n) is 5.35. The number of nitrogens with zero attached hydrogens (tertiary/aromatic N) is 7. The number of hydrogen-bond acceptors (Lipinski definition) is 7. The van der Waals surface area contributed by atoms with E-state index in [2.05, 4.69) is 25.0 Å². The number of fused-ring (bicyclic) bond motifs is 2. The normalized spacial score (nSPS) is 22.6. The molecule has 2 atom stereocenters. The third-order valence-electron chi connectivity index (χ3n) is 7.64. The van der Waals surface area contributed by atoms with Crippen LogP contribution in [0.3, 0.4) is 0 Å². The van der Waals surface area contributed by atoms with Crippen LogP contribution in [0, 0.1) is 11.7 Å². The van der Waals surface area contributed by atoms with Crippen molar-refractivity contribution in [3.63, 3.8) is 0 Å². The van der Waals surface area contributed by atoms with Crippen LogP contribution in [-0.4, -0.2) is 86.8 Å². The molecule has 0 amide bonds. The topological polar surface area (TPSA) is 82.1 Å². The van der Waals surface area contributed by atoms with Crippen molar-refractivity contribution in [2.45, 2.75) is 38.0 Å². The zero-order chi connectivity index (χ0) is 27.3. The third kappa shape index (κ3) is 4.52. The van der Waals surface area contributed by atoms with Gasteiger partial charge in [-0.1, -0.05) is 13.0 Å². The van der Waals surface area contributed by atoms with Crippen LogP contribution in [0.1, 0.15) is 13.3 Å². The Hall–Kier alpha value is -3.58. The summed E-state index contributed by atoms with van der Waals surface area (Å²) in [6, 6.07) is 5.10. The van der Waals surface area contributed by atoms with Crippen LogP contribution < -0.4 is 4.74 Å². The van der Waals surface area contributed by atoms with Crippen LogP contribution in [0.2, 0.25) is 0 Å². The minimum absolute atomic E-state index is 0.00441. The smallest absolute Gasteiger partial charge is 0.270 e. The molecule has 4 aromatic rings. The molecule has 0 bridgehead atoms. The van der Waals surface area contributed by atoms with E-state index in [1.807, 2.05) is 6.92 Å². The zero-order valence-corrected chi connectivity index (χ0v) is 21.4. The Labute approximate surface area is 221 Å². The fraction of sp³-hybridized carbons (Fsp3) is 0.462. The molecule has 206 valence electrons. The predicted octanol–water partition coefficient (Wildman–Crippen LogP) is 4.31. The summed E-state index contributed by atoms with van der Waals surface area (Å²) in [5.74, 6) is -1.00. The van der Waals surface area contributed by atoms with E-state index in [9.17, 15) is 8.78 Å². The van der Waals surface area contributed by atoms with E-state index in [0.29, 0.717) is 49.3 Å². The highest BCUT2D eigenvalue weighted by atomic mass is 19.3. The molecule has 5 heterocycles. The first-order chi connectivity index (χ1) is 18.8. The highest BCUT2D eigenvalue weighted by Gasteiger charge is 2.48. The van der Waals surface area contributed by atoms with Crippen LogP contribution in [-0.2, 0) is 11.3 Å². The van der Waals surface area contributed by atoms with Gasteiger partial charge in [0.1, 0.15) is 11.2 Å². The second kappa shape index (κ2) is 9.87. The number of aromatic nitrogens is 5. The molecule has 9 nitrogen and oxygen atoms in total. The van der Waals surface area contributed by atoms with Gasteiger partial charge in [0.05, 0.1) is 62.0 Å². The quantitative estimate of drug-likeness (QED) is 0.243. The van der Waals surface area contributed by atoms with Crippen molar-refractivity contribution in [1.82, 2.24) is 29.0 Å². The van der Waals surface area contributed by atoms with Gasteiger partial charge in [0, 0.05) is 25.2 Å². The number of aliphatic imine (C=N–C) groups is 1. The van der Waals surface area contributed by atoms with Gasteiger partial charge in [-0.15, -0.1) is 5.10 Å². The summed E-state index contributed by atoms with van der Waals surface area (Å²) in [5, 5.41) is 4.33. The maximum atomic E-state index is 15.7. The molecule has 6 rings (SSSR count). The van der Waals surface area contributed by atoms with E-state index in [4.69, 9.17) is 9.47 Å². The Bertz CT molecular complexity index is 1550. The van der Waals surface area contributed by atoms with Gasteiger partial charge in [0.25, 0.3) is 12.4 Å². The van der Waals surface area contributed by atoms with Gasteiger partial charge in [-0.05, 0) is 24.1 Å². The molecule has 0 saturated carbocycles. The molecule has 2 saturated heterocycles. The minimum atomic E-state index is -2.56. The van der Waals surface area contributed by atoms with Crippen molar-refractivity contribution in [2.24, 2.45) is 10.9 Å². The molecule has 39 heavy (non-hydrogen) atoms. The molecule has 1 aromatic carbocycles. The lowest BCUT2D eigenvalue weighted by atomic mass is 9.91. The Morgan fingerprint density at radius 2 is 2.13 bits per heavy atom. The van der Waals surface area contributed by atoms with Gasteiger partial charge in [0.15, 0.2) is 5.82 Å². The first-order valence-electron chi connectivity index (χ1n) is 12.7. The van der Waals surface area contributed by atoms with Gasteiger partial charge in [0.2, 0.25) is 5.88 Å². The molecule has 0 aliphatic carbocycles. The summed E-state index contributed by atoms with van der Waals surface area (Å²) in [4.78, 5) is 14.9. The maximum absolute atomic E-state index is 15.7. The van der Waals surface area contributed by atoms with E-state index in [-0.39, 0.29) is 29.0 Å². The van der Waals surface area contributed by atoms with E-state index < -0.39 is 30.4 Å². The van der Waals surface area contributed by atoms with Crippen molar-refractivity contribution in [3.05, 3.63) is 36.5 Å². The molecule has 2 unspecified atom stereocenters. The first kappa shape index (κ1) is 25.7. The van der Waals surface area contributed by atoms with Crippen molar-refractivity contribution < 1.29 is 27.0 Å². The van der Waals surface area contributed by atoms with Crippen molar-refractivity contribution in [1.29, 1.82) is 0 Å². The lowest BCUT2D eigenvalue weighted by molar-refractivity contribution is -0.0613. The average Bonchev–Trinajstić information content (AvgIpc) is 3.53. The Morgan fingerprint density at radius 1 is 1.31 bits per heavy atom. The summed E-state index contributed by atoms with van der Waals surface area (Å²) < 4.78 is 70.4. The maximum Gasteiger partial charge on any atom is 0.270 e. The van der Waals surface area contributed by atoms with Gasteiger partial charge < -0.3 is 14.0 Å². The number of likely N-dealkylation sites (tertiary alicyclic amines) is 1. The predicted molar refractivity (Wildman–Crippen MR) is 136 cm³/mol. The molecular weight excluding hydrogens is 518 g/mol. The van der Waals surface area contributed by atoms with Gasteiger partial charge >= 0.3 is 0 Å². The van der Waals surface area contributed by atoms with Gasteiger partial charge in [-0.25, -0.2) is 32.1 Å². The SMILES string of the molecule is CCC1(F)CN(C2COC2)CC1C=Nc1nc(OC)c2c(-c3ccc4ncn(CC(F)F)c4c3)c(F)cn2n1. The number of imidazole rings is 1. The summed E-state index contributed by atoms with van der Waals surface area (Å²) in [7, 11) is 1.39. The Balaban J connectivity index is 1.35. The third-order valence-corrected chi connectivity index (χ3v) is 7.64. The highest BCUT2D eigenvalue weighted by molar-refractivity contribution is 5.90. The largest absolute Gasteiger partial charge is 0.479 e. The standard InChI is InChI=1S/C26H27F4N7O2/c1-3-26(30)13-35(17-11-39-12-17)8-16(26)7-31-25-33-24(38-2)23-22(18(27)9-37(23)34-25)15-4-5-19-20(6-15)36(14-32-19)10-21(28)29/h4-7,9,14,16-17,21H,3,8,10-13H2,1-2H3. The molecule has 0 radical (unpaired) electrons. The van der Waals surface area contributed by atoms with E-state index in [1.165, 1.54) is 34.9 Å². The van der Waals surface area contributed by atoms with E-state index >= 15 is 8.78 Å². The second-order valence-corrected chi connectivity index (χ2v) is 9.95. The number of hydrogen-bond donors (Lipinski definition) is 0. The van der Waals surface area contributed by atoms with E-state index in [1.54, 1.807) is 18.2 Å². The number of rotatable bonds is 8. The van der Waals surface area contributed by atoms with Crippen LogP contribution in [0.25, 0.3) is 27.7 Å². The highest BCUT2D eigenvalue weighted by Crippen LogP contribution is 2.37. The summed E-state index contributed by atoms with van der Waals surface area (Å²) in [6.07, 6.45) is 1.81. The molecule has 2 fully saturated rings. The lowest BCUT2D eigenvalue weighted by Crippen LogP contribution is -2.48. The van der Waals surface area contributed by atoms with Crippen molar-refractivity contribution in [3.8, 4) is 17.0 Å². The number of halogens is 4. The number of alkyl halides is 3. The Morgan fingerprint density at radius 3 is 2.82 bits per heavy atom. The summed E-state index contributed by atoms with van der Waals surface area (Å²) in [6.45, 7) is 3.30. The molecule has 0 N–H and O–H groups in total. The van der Waals surface area contributed by atoms with Crippen LogP contribution in [0.15, 0.2) is 35.7 Å². The molecule has 2 aliphatic rings. The molecule has 2 aliphatic heterocycles. The minimum Gasteiger partial charge on any atom is -0.479 e. The van der Waals surface area contributed by atoms with Crippen molar-refractivity contribution >= 4 is 28.7 Å². The second-order valence-electron chi connectivity index (χ2n) is 9.95. The van der Waals surface area contributed by atoms with Crippen LogP contribution in [0.5, 0.6) is 5.88 Å². The monoisotopic (exact) mass is 545 g/mol. The Kier molecular flexibility index (Phi) is 6.50. The fourth-order valence-corrected chi connectivity index (χ4v) is 5.35. The zero-order valence-electron chi connectivity index (χ0n) is 21.4. The van der Waals surface area contributed by atoms with Crippen molar-refractivity contribution in [2.75, 3.05) is 33.4 Å².